The zero-order chi connectivity index (χ0) is 11.8. The van der Waals surface area contributed by atoms with Gasteiger partial charge in [-0.3, -0.25) is 4.79 Å². The van der Waals surface area contributed by atoms with Gasteiger partial charge in [0.1, 0.15) is 5.82 Å². The molecule has 0 heterocycles. The summed E-state index contributed by atoms with van der Waals surface area (Å²) in [5.74, 6) is -0.171. The molecule has 1 aliphatic carbocycles. The summed E-state index contributed by atoms with van der Waals surface area (Å²) >= 11 is 8.81. The lowest BCUT2D eigenvalue weighted by Crippen LogP contribution is -2.38. The zero-order valence-corrected chi connectivity index (χ0v) is 10.7. The van der Waals surface area contributed by atoms with E-state index in [2.05, 4.69) is 21.2 Å². The van der Waals surface area contributed by atoms with E-state index in [0.717, 1.165) is 12.8 Å². The molecule has 0 aliphatic heterocycles. The van der Waals surface area contributed by atoms with E-state index in [1.54, 1.807) is 0 Å². The van der Waals surface area contributed by atoms with Gasteiger partial charge in [0, 0.05) is 11.4 Å². The van der Waals surface area contributed by atoms with Crippen molar-refractivity contribution in [3.8, 4) is 0 Å². The Bertz CT molecular complexity index is 434. The first-order chi connectivity index (χ1) is 7.56. The lowest BCUT2D eigenvalue weighted by atomic mass is 10.2. The van der Waals surface area contributed by atoms with Gasteiger partial charge in [-0.05, 0) is 47.0 Å². The SMILES string of the molecule is O=C(NC1(CCl)CC1)c1ccc(F)c(Br)c1. The Labute approximate surface area is 106 Å². The number of hydrogen-bond acceptors (Lipinski definition) is 1. The second kappa shape index (κ2) is 4.34. The molecule has 0 bridgehead atoms. The number of alkyl halides is 1. The molecule has 1 saturated carbocycles. The Balaban J connectivity index is 2.12. The van der Waals surface area contributed by atoms with Crippen molar-refractivity contribution in [1.82, 2.24) is 5.32 Å². The maximum absolute atomic E-state index is 13.0. The van der Waals surface area contributed by atoms with Crippen molar-refractivity contribution in [1.29, 1.82) is 0 Å². The van der Waals surface area contributed by atoms with E-state index in [4.69, 9.17) is 11.6 Å². The van der Waals surface area contributed by atoms with E-state index in [1.165, 1.54) is 18.2 Å². The van der Waals surface area contributed by atoms with E-state index in [0.29, 0.717) is 11.4 Å². The van der Waals surface area contributed by atoms with E-state index in [9.17, 15) is 9.18 Å². The standard InChI is InChI=1S/C11H10BrClFNO/c12-8-5-7(1-2-9(8)14)10(16)15-11(6-13)3-4-11/h1-2,5H,3-4,6H2,(H,15,16). The summed E-state index contributed by atoms with van der Waals surface area (Å²) in [5.41, 5.74) is 0.198. The molecule has 1 aromatic rings. The van der Waals surface area contributed by atoms with Crippen LogP contribution in [0.5, 0.6) is 0 Å². The molecule has 5 heteroatoms. The van der Waals surface area contributed by atoms with E-state index in [1.807, 2.05) is 0 Å². The first-order valence-electron chi connectivity index (χ1n) is 4.90. The van der Waals surface area contributed by atoms with Crippen LogP contribution in [0.1, 0.15) is 23.2 Å². The van der Waals surface area contributed by atoms with Crippen LogP contribution in [0.4, 0.5) is 4.39 Å². The molecule has 1 N–H and O–H groups in total. The summed E-state index contributed by atoms with van der Waals surface area (Å²) in [6.45, 7) is 0. The molecule has 2 rings (SSSR count). The Morgan fingerprint density at radius 1 is 1.56 bits per heavy atom. The minimum absolute atomic E-state index is 0.209. The molecule has 1 fully saturated rings. The monoisotopic (exact) mass is 305 g/mol. The normalized spacial score (nSPS) is 16.9. The van der Waals surface area contributed by atoms with Gasteiger partial charge < -0.3 is 5.32 Å². The van der Waals surface area contributed by atoms with Gasteiger partial charge in [-0.1, -0.05) is 0 Å². The summed E-state index contributed by atoms with van der Waals surface area (Å²) < 4.78 is 13.3. The Morgan fingerprint density at radius 3 is 2.75 bits per heavy atom. The molecule has 2 nitrogen and oxygen atoms in total. The predicted molar refractivity (Wildman–Crippen MR) is 64.3 cm³/mol. The van der Waals surface area contributed by atoms with Crippen molar-refractivity contribution in [2.75, 3.05) is 5.88 Å². The van der Waals surface area contributed by atoms with Crippen molar-refractivity contribution in [3.63, 3.8) is 0 Å². The van der Waals surface area contributed by atoms with Crippen molar-refractivity contribution < 1.29 is 9.18 Å². The fourth-order valence-corrected chi connectivity index (χ4v) is 2.11. The summed E-state index contributed by atoms with van der Waals surface area (Å²) in [6.07, 6.45) is 1.81. The summed E-state index contributed by atoms with van der Waals surface area (Å²) in [5, 5.41) is 2.87. The fourth-order valence-electron chi connectivity index (χ4n) is 1.39. The molecule has 1 amide bonds. The van der Waals surface area contributed by atoms with Crippen molar-refractivity contribution in [2.24, 2.45) is 0 Å². The van der Waals surface area contributed by atoms with E-state index >= 15 is 0 Å². The van der Waals surface area contributed by atoms with Gasteiger partial charge in [-0.2, -0.15) is 0 Å². The van der Waals surface area contributed by atoms with Crippen LogP contribution in [0.3, 0.4) is 0 Å². The van der Waals surface area contributed by atoms with Gasteiger partial charge in [-0.25, -0.2) is 4.39 Å². The van der Waals surface area contributed by atoms with Crippen molar-refractivity contribution in [2.45, 2.75) is 18.4 Å². The molecule has 0 unspecified atom stereocenters. The summed E-state index contributed by atoms with van der Waals surface area (Å²) in [4.78, 5) is 11.8. The maximum atomic E-state index is 13.0. The van der Waals surface area contributed by atoms with Crippen LogP contribution in [0, 0.1) is 5.82 Å². The third kappa shape index (κ3) is 2.38. The lowest BCUT2D eigenvalue weighted by molar-refractivity contribution is 0.0936. The number of carbonyl (C=O) groups excluding carboxylic acids is 1. The molecule has 0 atom stereocenters. The first-order valence-corrected chi connectivity index (χ1v) is 6.23. The van der Waals surface area contributed by atoms with Gasteiger partial charge in [-0.15, -0.1) is 11.6 Å². The lowest BCUT2D eigenvalue weighted by Gasteiger charge is -2.14. The highest BCUT2D eigenvalue weighted by atomic mass is 79.9. The molecule has 0 aromatic heterocycles. The minimum atomic E-state index is -0.380. The number of amides is 1. The topological polar surface area (TPSA) is 29.1 Å². The molecule has 86 valence electrons. The number of rotatable bonds is 3. The molecule has 16 heavy (non-hydrogen) atoms. The second-order valence-electron chi connectivity index (χ2n) is 4.00. The van der Waals surface area contributed by atoms with Crippen LogP contribution in [0.15, 0.2) is 22.7 Å². The van der Waals surface area contributed by atoms with Crippen molar-refractivity contribution >= 4 is 33.4 Å². The van der Waals surface area contributed by atoms with Gasteiger partial charge in [0.2, 0.25) is 0 Å². The number of halogens is 3. The smallest absolute Gasteiger partial charge is 0.251 e. The highest BCUT2D eigenvalue weighted by Gasteiger charge is 2.43. The molecular weight excluding hydrogens is 296 g/mol. The number of benzene rings is 1. The van der Waals surface area contributed by atoms with Gasteiger partial charge in [0.05, 0.1) is 10.0 Å². The minimum Gasteiger partial charge on any atom is -0.345 e. The molecule has 0 saturated heterocycles. The van der Waals surface area contributed by atoms with Crippen molar-refractivity contribution in [3.05, 3.63) is 34.1 Å². The van der Waals surface area contributed by atoms with Crippen LogP contribution < -0.4 is 5.32 Å². The quantitative estimate of drug-likeness (QED) is 0.854. The van der Waals surface area contributed by atoms with E-state index in [-0.39, 0.29) is 21.7 Å². The first kappa shape index (κ1) is 11.9. The van der Waals surface area contributed by atoms with Crippen LogP contribution in [-0.4, -0.2) is 17.3 Å². The molecule has 0 spiro atoms. The van der Waals surface area contributed by atoms with Gasteiger partial charge in [0.25, 0.3) is 5.91 Å². The third-order valence-electron chi connectivity index (χ3n) is 2.67. The Hall–Kier alpha value is -0.610. The highest BCUT2D eigenvalue weighted by molar-refractivity contribution is 9.10. The Morgan fingerprint density at radius 2 is 2.25 bits per heavy atom. The summed E-state index contributed by atoms with van der Waals surface area (Å²) in [7, 11) is 0. The maximum Gasteiger partial charge on any atom is 0.251 e. The number of nitrogens with one attached hydrogen (secondary N) is 1. The van der Waals surface area contributed by atoms with Crippen LogP contribution in [-0.2, 0) is 0 Å². The largest absolute Gasteiger partial charge is 0.345 e. The van der Waals surface area contributed by atoms with Crippen LogP contribution >= 0.6 is 27.5 Å². The van der Waals surface area contributed by atoms with Gasteiger partial charge >= 0.3 is 0 Å². The second-order valence-corrected chi connectivity index (χ2v) is 5.12. The zero-order valence-electron chi connectivity index (χ0n) is 8.40. The van der Waals surface area contributed by atoms with Gasteiger partial charge in [0.15, 0.2) is 0 Å². The fraction of sp³-hybridized carbons (Fsp3) is 0.364. The predicted octanol–water partition coefficient (Wildman–Crippen LogP) is 3.09. The molecule has 0 radical (unpaired) electrons. The van der Waals surface area contributed by atoms with Crippen LogP contribution in [0.25, 0.3) is 0 Å². The molecule has 1 aromatic carbocycles. The van der Waals surface area contributed by atoms with Crippen LogP contribution in [0.2, 0.25) is 0 Å². The van der Waals surface area contributed by atoms with E-state index < -0.39 is 0 Å². The number of carbonyl (C=O) groups is 1. The average molecular weight is 307 g/mol. The third-order valence-corrected chi connectivity index (χ3v) is 3.79. The molecule has 1 aliphatic rings. The Kier molecular flexibility index (Phi) is 3.22. The number of hydrogen-bond donors (Lipinski definition) is 1. The average Bonchev–Trinajstić information content (AvgIpc) is 3.02. The summed E-state index contributed by atoms with van der Waals surface area (Å²) in [6, 6.07) is 4.19. The highest BCUT2D eigenvalue weighted by Crippen LogP contribution is 2.36. The molecular formula is C11H10BrClFNO.